The van der Waals surface area contributed by atoms with Crippen molar-refractivity contribution >= 4 is 65.6 Å². The Kier molecular flexibility index (Phi) is 8.14. The van der Waals surface area contributed by atoms with Crippen LogP contribution in [0, 0.1) is 11.3 Å². The molecule has 7 nitrogen and oxygen atoms in total. The van der Waals surface area contributed by atoms with Crippen molar-refractivity contribution in [2.24, 2.45) is 0 Å². The normalized spacial score (nSPS) is 11.7. The minimum Gasteiger partial charge on any atom is -0.455 e. The number of hydrogen-bond donors (Lipinski definition) is 0. The van der Waals surface area contributed by atoms with Crippen molar-refractivity contribution in [3.05, 3.63) is 212 Å². The van der Waals surface area contributed by atoms with E-state index >= 15 is 0 Å². The smallest absolute Gasteiger partial charge is 0.167 e. The second-order valence-electron chi connectivity index (χ2n) is 16.3. The van der Waals surface area contributed by atoms with Crippen LogP contribution in [-0.2, 0) is 0 Å². The molecule has 0 aliphatic rings. The molecule has 0 atom stereocenters. The maximum Gasteiger partial charge on any atom is 0.167 e. The maximum absolute atomic E-state index is 11.5. The van der Waals surface area contributed by atoms with E-state index in [9.17, 15) is 5.26 Å². The Hall–Kier alpha value is -9.12. The van der Waals surface area contributed by atoms with Crippen molar-refractivity contribution in [1.82, 2.24) is 24.1 Å². The predicted molar refractivity (Wildman–Crippen MR) is 262 cm³/mol. The molecule has 0 amide bonds. The molecule has 0 saturated carbocycles. The zero-order valence-corrected chi connectivity index (χ0v) is 34.7. The van der Waals surface area contributed by atoms with Crippen molar-refractivity contribution in [2.45, 2.75) is 0 Å². The number of hydrogen-bond acceptors (Lipinski definition) is 5. The molecule has 13 rings (SSSR count). The van der Waals surface area contributed by atoms with E-state index in [-0.39, 0.29) is 0 Å². The van der Waals surface area contributed by atoms with Gasteiger partial charge in [0.25, 0.3) is 0 Å². The van der Waals surface area contributed by atoms with Gasteiger partial charge in [-0.25, -0.2) is 15.0 Å². The zero-order valence-electron chi connectivity index (χ0n) is 34.7. The van der Waals surface area contributed by atoms with E-state index in [1.54, 1.807) is 0 Å². The Labute approximate surface area is 372 Å². The van der Waals surface area contributed by atoms with Gasteiger partial charge >= 0.3 is 0 Å². The summed E-state index contributed by atoms with van der Waals surface area (Å²) in [5.41, 5.74) is 12.3. The van der Waals surface area contributed by atoms with Crippen molar-refractivity contribution in [3.8, 4) is 62.7 Å². The standard InChI is InChI=1S/C58H34N6O/c59-35-40-32-47(58-61-56(37-19-7-2-8-20-37)60-57(62-58)38-21-9-3-10-22-38)55-53(43-26-14-16-28-52(43)65-55)54(40)64-49-30-29-39(36-17-5-1-6-18-36)31-44(49)46-34-50-45(33-51(46)64)42-25-13-15-27-48(42)63(50)41-23-11-4-12-24-41/h1-34H. The molecular weight excluding hydrogens is 797 g/mol. The third-order valence-corrected chi connectivity index (χ3v) is 12.6. The first-order valence-electron chi connectivity index (χ1n) is 21.6. The van der Waals surface area contributed by atoms with Crippen LogP contribution in [0.5, 0.6) is 0 Å². The first-order chi connectivity index (χ1) is 32.2. The highest BCUT2D eigenvalue weighted by Crippen LogP contribution is 2.46. The van der Waals surface area contributed by atoms with Crippen LogP contribution < -0.4 is 0 Å². The van der Waals surface area contributed by atoms with Gasteiger partial charge in [-0.15, -0.1) is 0 Å². The van der Waals surface area contributed by atoms with E-state index in [0.717, 1.165) is 88.0 Å². The summed E-state index contributed by atoms with van der Waals surface area (Å²) in [4.78, 5) is 15.2. The minimum atomic E-state index is 0.412. The molecule has 302 valence electrons. The molecule has 0 aliphatic heterocycles. The lowest BCUT2D eigenvalue weighted by Gasteiger charge is -2.15. The van der Waals surface area contributed by atoms with Gasteiger partial charge in [-0.05, 0) is 65.7 Å². The molecular formula is C58H34N6O. The predicted octanol–water partition coefficient (Wildman–Crippen LogP) is 14.5. The topological polar surface area (TPSA) is 85.5 Å². The van der Waals surface area contributed by atoms with Crippen molar-refractivity contribution in [3.63, 3.8) is 0 Å². The minimum absolute atomic E-state index is 0.412. The number of fused-ring (bicyclic) bond motifs is 9. The van der Waals surface area contributed by atoms with Gasteiger partial charge in [0.05, 0.1) is 44.3 Å². The van der Waals surface area contributed by atoms with Crippen molar-refractivity contribution in [2.75, 3.05) is 0 Å². The molecule has 13 aromatic rings. The highest BCUT2D eigenvalue weighted by Gasteiger charge is 2.27. The lowest BCUT2D eigenvalue weighted by Crippen LogP contribution is -2.03. The van der Waals surface area contributed by atoms with Gasteiger partial charge in [0.1, 0.15) is 17.2 Å². The van der Waals surface area contributed by atoms with Crippen molar-refractivity contribution < 1.29 is 4.42 Å². The number of aromatic nitrogens is 5. The molecule has 4 aromatic heterocycles. The molecule has 4 heterocycles. The molecule has 0 unspecified atom stereocenters. The van der Waals surface area contributed by atoms with Crippen LogP contribution in [0.2, 0.25) is 0 Å². The Bertz CT molecular complexity index is 3990. The number of para-hydroxylation sites is 3. The third kappa shape index (κ3) is 5.71. The second-order valence-corrected chi connectivity index (χ2v) is 16.3. The van der Waals surface area contributed by atoms with Crippen LogP contribution in [0.3, 0.4) is 0 Å². The van der Waals surface area contributed by atoms with Crippen LogP contribution in [-0.4, -0.2) is 24.1 Å². The number of benzene rings is 9. The van der Waals surface area contributed by atoms with Gasteiger partial charge in [-0.3, -0.25) is 0 Å². The fourth-order valence-corrected chi connectivity index (χ4v) is 9.68. The fraction of sp³-hybridized carbons (Fsp3) is 0. The summed E-state index contributed by atoms with van der Waals surface area (Å²) in [6.07, 6.45) is 0. The van der Waals surface area contributed by atoms with Crippen LogP contribution in [0.15, 0.2) is 211 Å². The van der Waals surface area contributed by atoms with Gasteiger partial charge in [0.15, 0.2) is 17.5 Å². The summed E-state index contributed by atoms with van der Waals surface area (Å²) in [7, 11) is 0. The van der Waals surface area contributed by atoms with E-state index < -0.39 is 0 Å². The molecule has 0 fully saturated rings. The summed E-state index contributed by atoms with van der Waals surface area (Å²) in [5, 5.41) is 17.5. The molecule has 0 N–H and O–H groups in total. The maximum atomic E-state index is 11.5. The Balaban J connectivity index is 1.16. The SMILES string of the molecule is N#Cc1cc(-c2nc(-c3ccccc3)nc(-c3ccccc3)n2)c2oc3ccccc3c2c1-n1c2ccc(-c3ccccc3)cc2c2cc3c(cc21)c1ccccc1n3-c1ccccc1. The van der Waals surface area contributed by atoms with E-state index in [1.807, 2.05) is 91.0 Å². The number of nitriles is 1. The van der Waals surface area contributed by atoms with Crippen LogP contribution in [0.4, 0.5) is 0 Å². The van der Waals surface area contributed by atoms with E-state index in [2.05, 4.69) is 130 Å². The lowest BCUT2D eigenvalue weighted by molar-refractivity contribution is 0.669. The molecule has 0 bridgehead atoms. The monoisotopic (exact) mass is 830 g/mol. The van der Waals surface area contributed by atoms with E-state index in [1.165, 1.54) is 0 Å². The van der Waals surface area contributed by atoms with Gasteiger partial charge in [0, 0.05) is 43.7 Å². The number of rotatable bonds is 6. The van der Waals surface area contributed by atoms with Crippen molar-refractivity contribution in [1.29, 1.82) is 5.26 Å². The van der Waals surface area contributed by atoms with E-state index in [0.29, 0.717) is 39.8 Å². The summed E-state index contributed by atoms with van der Waals surface area (Å²) in [6.45, 7) is 0. The first-order valence-corrected chi connectivity index (χ1v) is 21.6. The summed E-state index contributed by atoms with van der Waals surface area (Å²) in [5.74, 6) is 1.46. The molecule has 9 aromatic carbocycles. The molecule has 0 radical (unpaired) electrons. The van der Waals surface area contributed by atoms with E-state index in [4.69, 9.17) is 19.4 Å². The summed E-state index contributed by atoms with van der Waals surface area (Å²) >= 11 is 0. The van der Waals surface area contributed by atoms with Gasteiger partial charge < -0.3 is 13.6 Å². The molecule has 0 aliphatic carbocycles. The largest absolute Gasteiger partial charge is 0.455 e. The highest BCUT2D eigenvalue weighted by atomic mass is 16.3. The zero-order chi connectivity index (χ0) is 43.0. The molecule has 0 spiro atoms. The molecule has 7 heteroatoms. The number of nitrogens with zero attached hydrogens (tertiary/aromatic N) is 6. The Morgan fingerprint density at radius 3 is 1.60 bits per heavy atom. The highest BCUT2D eigenvalue weighted by molar-refractivity contribution is 6.22. The first kappa shape index (κ1) is 36.5. The lowest BCUT2D eigenvalue weighted by atomic mass is 10.0. The molecule has 65 heavy (non-hydrogen) atoms. The Morgan fingerprint density at radius 2 is 0.923 bits per heavy atom. The third-order valence-electron chi connectivity index (χ3n) is 12.6. The fourth-order valence-electron chi connectivity index (χ4n) is 9.68. The van der Waals surface area contributed by atoms with Gasteiger partial charge in [0.2, 0.25) is 0 Å². The summed E-state index contributed by atoms with van der Waals surface area (Å²) < 4.78 is 11.6. The van der Waals surface area contributed by atoms with Crippen LogP contribution in [0.25, 0.3) is 122 Å². The second kappa shape index (κ2) is 14.5. The summed E-state index contributed by atoms with van der Waals surface area (Å²) in [6, 6.07) is 73.3. The van der Waals surface area contributed by atoms with Gasteiger partial charge in [-0.2, -0.15) is 5.26 Å². The van der Waals surface area contributed by atoms with Gasteiger partial charge in [-0.1, -0.05) is 152 Å². The number of furan rings is 1. The van der Waals surface area contributed by atoms with Crippen LogP contribution >= 0.6 is 0 Å². The molecule has 0 saturated heterocycles. The average molecular weight is 831 g/mol. The Morgan fingerprint density at radius 1 is 0.400 bits per heavy atom. The quantitative estimate of drug-likeness (QED) is 0.167. The average Bonchev–Trinajstić information content (AvgIpc) is 4.03. The van der Waals surface area contributed by atoms with Crippen LogP contribution in [0.1, 0.15) is 5.56 Å².